The maximum Gasteiger partial charge on any atom is 0.325 e. The lowest BCUT2D eigenvalue weighted by molar-refractivity contribution is -0.140. The zero-order chi connectivity index (χ0) is 13.4. The van der Waals surface area contributed by atoms with Crippen molar-refractivity contribution < 1.29 is 9.53 Å². The molecule has 0 saturated heterocycles. The Morgan fingerprint density at radius 2 is 2.11 bits per heavy atom. The van der Waals surface area contributed by atoms with Gasteiger partial charge in [0.15, 0.2) is 0 Å². The molecular formula is C11H19N5O2. The molecule has 0 aliphatic rings. The summed E-state index contributed by atoms with van der Waals surface area (Å²) in [5.74, 6) is 6.25. The van der Waals surface area contributed by atoms with Crippen molar-refractivity contribution in [1.29, 1.82) is 0 Å². The van der Waals surface area contributed by atoms with E-state index in [4.69, 9.17) is 10.6 Å². The summed E-state index contributed by atoms with van der Waals surface area (Å²) in [5.41, 5.74) is 3.39. The van der Waals surface area contributed by atoms with Gasteiger partial charge in [-0.15, -0.1) is 0 Å². The van der Waals surface area contributed by atoms with Crippen LogP contribution in [0.1, 0.15) is 25.8 Å². The fourth-order valence-electron chi connectivity index (χ4n) is 1.54. The smallest absolute Gasteiger partial charge is 0.325 e. The number of nitrogens with zero attached hydrogens (tertiary/aromatic N) is 2. The van der Waals surface area contributed by atoms with Crippen LogP contribution in [0, 0.1) is 0 Å². The van der Waals surface area contributed by atoms with Crippen LogP contribution in [0.25, 0.3) is 0 Å². The summed E-state index contributed by atoms with van der Waals surface area (Å²) in [7, 11) is 0. The van der Waals surface area contributed by atoms with E-state index < -0.39 is 0 Å². The number of hydrogen-bond donors (Lipinski definition) is 3. The van der Waals surface area contributed by atoms with E-state index in [0.29, 0.717) is 18.2 Å². The molecule has 0 spiro atoms. The lowest BCUT2D eigenvalue weighted by Gasteiger charge is -2.12. The normalized spacial score (nSPS) is 9.94. The SMILES string of the molecule is CCCc1c(NN)ncnc1NCC(=O)OCC. The third-order valence-corrected chi connectivity index (χ3v) is 2.29. The molecule has 7 nitrogen and oxygen atoms in total. The standard InChI is InChI=1S/C11H19N5O2/c1-3-5-8-10(13-6-9(17)18-4-2)14-7-15-11(8)16-12/h7H,3-6,12H2,1-2H3,(H2,13,14,15,16). The van der Waals surface area contributed by atoms with E-state index in [1.807, 2.05) is 6.92 Å². The minimum absolute atomic E-state index is 0.0750. The summed E-state index contributed by atoms with van der Waals surface area (Å²) in [6.45, 7) is 4.25. The lowest BCUT2D eigenvalue weighted by atomic mass is 10.1. The number of carbonyl (C=O) groups is 1. The zero-order valence-corrected chi connectivity index (χ0v) is 10.7. The van der Waals surface area contributed by atoms with Crippen LogP contribution in [-0.4, -0.2) is 29.1 Å². The molecule has 0 aliphatic heterocycles. The van der Waals surface area contributed by atoms with Crippen molar-refractivity contribution in [2.75, 3.05) is 23.9 Å². The number of rotatable bonds is 7. The fraction of sp³-hybridized carbons (Fsp3) is 0.545. The monoisotopic (exact) mass is 253 g/mol. The van der Waals surface area contributed by atoms with Gasteiger partial charge in [-0.25, -0.2) is 15.8 Å². The Morgan fingerprint density at radius 3 is 2.72 bits per heavy atom. The molecule has 0 aliphatic carbocycles. The van der Waals surface area contributed by atoms with Crippen LogP contribution in [0.3, 0.4) is 0 Å². The number of ether oxygens (including phenoxy) is 1. The Labute approximate surface area is 106 Å². The van der Waals surface area contributed by atoms with Gasteiger partial charge in [0.2, 0.25) is 0 Å². The van der Waals surface area contributed by atoms with Crippen LogP contribution in [0.5, 0.6) is 0 Å². The Bertz CT molecular complexity index is 397. The maximum absolute atomic E-state index is 11.3. The van der Waals surface area contributed by atoms with E-state index in [2.05, 4.69) is 20.7 Å². The first-order valence-electron chi connectivity index (χ1n) is 5.92. The molecule has 0 atom stereocenters. The second-order valence-electron chi connectivity index (χ2n) is 3.60. The summed E-state index contributed by atoms with van der Waals surface area (Å²) in [5, 5.41) is 2.94. The van der Waals surface area contributed by atoms with Crippen molar-refractivity contribution in [1.82, 2.24) is 9.97 Å². The van der Waals surface area contributed by atoms with Gasteiger partial charge in [-0.3, -0.25) is 4.79 Å². The van der Waals surface area contributed by atoms with E-state index in [1.165, 1.54) is 6.33 Å². The number of hydrogen-bond acceptors (Lipinski definition) is 7. The topological polar surface area (TPSA) is 102 Å². The maximum atomic E-state index is 11.3. The molecule has 0 unspecified atom stereocenters. The van der Waals surface area contributed by atoms with E-state index in [1.54, 1.807) is 6.92 Å². The zero-order valence-electron chi connectivity index (χ0n) is 10.7. The summed E-state index contributed by atoms with van der Waals surface area (Å²) in [6.07, 6.45) is 3.09. The quantitative estimate of drug-likeness (QED) is 0.373. The molecule has 1 rings (SSSR count). The second kappa shape index (κ2) is 7.44. The molecular weight excluding hydrogens is 234 g/mol. The van der Waals surface area contributed by atoms with Crippen molar-refractivity contribution in [3.8, 4) is 0 Å². The molecule has 4 N–H and O–H groups in total. The molecule has 0 fully saturated rings. The van der Waals surface area contributed by atoms with Gasteiger partial charge in [0, 0.05) is 5.56 Å². The predicted octanol–water partition coefficient (Wildman–Crippen LogP) is 0.690. The predicted molar refractivity (Wildman–Crippen MR) is 69.0 cm³/mol. The van der Waals surface area contributed by atoms with Crippen LogP contribution in [0.15, 0.2) is 6.33 Å². The highest BCUT2D eigenvalue weighted by molar-refractivity contribution is 5.75. The number of nitrogen functional groups attached to an aromatic ring is 1. The molecule has 0 radical (unpaired) electrons. The summed E-state index contributed by atoms with van der Waals surface area (Å²) in [6, 6.07) is 0. The van der Waals surface area contributed by atoms with Gasteiger partial charge in [0.05, 0.1) is 6.61 Å². The van der Waals surface area contributed by atoms with Gasteiger partial charge in [-0.1, -0.05) is 13.3 Å². The number of esters is 1. The first-order valence-corrected chi connectivity index (χ1v) is 5.92. The number of hydrazine groups is 1. The summed E-state index contributed by atoms with van der Waals surface area (Å²) >= 11 is 0. The Kier molecular flexibility index (Phi) is 5.86. The molecule has 0 amide bonds. The first kappa shape index (κ1) is 14.2. The highest BCUT2D eigenvalue weighted by atomic mass is 16.5. The van der Waals surface area contributed by atoms with Crippen molar-refractivity contribution >= 4 is 17.6 Å². The Hall–Kier alpha value is -1.89. The largest absolute Gasteiger partial charge is 0.465 e. The molecule has 1 aromatic heterocycles. The molecule has 0 saturated carbocycles. The molecule has 1 aromatic rings. The molecule has 0 aromatic carbocycles. The van der Waals surface area contributed by atoms with Crippen molar-refractivity contribution in [2.24, 2.45) is 5.84 Å². The van der Waals surface area contributed by atoms with E-state index in [9.17, 15) is 4.79 Å². The van der Waals surface area contributed by atoms with Crippen LogP contribution >= 0.6 is 0 Å². The van der Waals surface area contributed by atoms with Crippen molar-refractivity contribution in [3.63, 3.8) is 0 Å². The van der Waals surface area contributed by atoms with Gasteiger partial charge >= 0.3 is 5.97 Å². The van der Waals surface area contributed by atoms with Crippen molar-refractivity contribution in [3.05, 3.63) is 11.9 Å². The molecule has 0 bridgehead atoms. The minimum Gasteiger partial charge on any atom is -0.465 e. The van der Waals surface area contributed by atoms with Crippen LogP contribution in [0.4, 0.5) is 11.6 Å². The molecule has 18 heavy (non-hydrogen) atoms. The summed E-state index contributed by atoms with van der Waals surface area (Å²) in [4.78, 5) is 19.4. The Balaban J connectivity index is 2.77. The van der Waals surface area contributed by atoms with Gasteiger partial charge in [-0.2, -0.15) is 0 Å². The molecule has 1 heterocycles. The number of anilines is 2. The Morgan fingerprint density at radius 1 is 1.39 bits per heavy atom. The van der Waals surface area contributed by atoms with E-state index in [0.717, 1.165) is 18.4 Å². The third-order valence-electron chi connectivity index (χ3n) is 2.29. The lowest BCUT2D eigenvalue weighted by Crippen LogP contribution is -2.19. The highest BCUT2D eigenvalue weighted by Gasteiger charge is 2.11. The number of nitrogens with one attached hydrogen (secondary N) is 2. The van der Waals surface area contributed by atoms with Gasteiger partial charge in [0.25, 0.3) is 0 Å². The summed E-state index contributed by atoms with van der Waals surface area (Å²) < 4.78 is 4.83. The fourth-order valence-corrected chi connectivity index (χ4v) is 1.54. The highest BCUT2D eigenvalue weighted by Crippen LogP contribution is 2.20. The average molecular weight is 253 g/mol. The van der Waals surface area contributed by atoms with Gasteiger partial charge in [-0.05, 0) is 13.3 Å². The van der Waals surface area contributed by atoms with Crippen LogP contribution in [0.2, 0.25) is 0 Å². The van der Waals surface area contributed by atoms with Crippen LogP contribution in [-0.2, 0) is 16.0 Å². The first-order chi connectivity index (χ1) is 8.72. The van der Waals surface area contributed by atoms with Crippen LogP contribution < -0.4 is 16.6 Å². The molecule has 100 valence electrons. The number of carbonyl (C=O) groups excluding carboxylic acids is 1. The molecule has 7 heteroatoms. The minimum atomic E-state index is -0.319. The second-order valence-corrected chi connectivity index (χ2v) is 3.60. The van der Waals surface area contributed by atoms with E-state index >= 15 is 0 Å². The van der Waals surface area contributed by atoms with Gasteiger partial charge < -0.3 is 15.5 Å². The van der Waals surface area contributed by atoms with Crippen molar-refractivity contribution in [2.45, 2.75) is 26.7 Å². The average Bonchev–Trinajstić information content (AvgIpc) is 2.38. The van der Waals surface area contributed by atoms with Gasteiger partial charge in [0.1, 0.15) is 24.5 Å². The number of nitrogens with two attached hydrogens (primary N) is 1. The third kappa shape index (κ3) is 3.85. The number of aromatic nitrogens is 2. The van der Waals surface area contributed by atoms with E-state index in [-0.39, 0.29) is 12.5 Å².